The van der Waals surface area contributed by atoms with Crippen LogP contribution in [0.1, 0.15) is 0 Å². The van der Waals surface area contributed by atoms with E-state index in [1.807, 2.05) is 6.07 Å². The highest BCUT2D eigenvalue weighted by Crippen LogP contribution is 2.44. The van der Waals surface area contributed by atoms with Gasteiger partial charge >= 0.3 is 0 Å². The van der Waals surface area contributed by atoms with Crippen molar-refractivity contribution < 1.29 is 4.42 Å². The van der Waals surface area contributed by atoms with E-state index in [0.29, 0.717) is 0 Å². The predicted molar refractivity (Wildman–Crippen MR) is 235 cm³/mol. The van der Waals surface area contributed by atoms with Crippen molar-refractivity contribution in [3.63, 3.8) is 0 Å². The Labute approximate surface area is 322 Å². The minimum Gasteiger partial charge on any atom is -0.454 e. The Balaban J connectivity index is 1.09. The van der Waals surface area contributed by atoms with Gasteiger partial charge in [0.05, 0.1) is 27.8 Å². The van der Waals surface area contributed by atoms with Crippen LogP contribution in [0.15, 0.2) is 205 Å². The molecule has 4 heteroatoms. The Hall–Kier alpha value is -7.56. The van der Waals surface area contributed by atoms with Gasteiger partial charge in [0.15, 0.2) is 5.58 Å². The number of aromatic nitrogens is 2. The zero-order valence-corrected chi connectivity index (χ0v) is 30.3. The quantitative estimate of drug-likeness (QED) is 0.177. The van der Waals surface area contributed by atoms with Crippen molar-refractivity contribution in [1.82, 2.24) is 9.13 Å². The van der Waals surface area contributed by atoms with Gasteiger partial charge in [-0.15, -0.1) is 0 Å². The third-order valence-corrected chi connectivity index (χ3v) is 11.5. The summed E-state index contributed by atoms with van der Waals surface area (Å²) < 4.78 is 11.5. The number of hydrogen-bond acceptors (Lipinski definition) is 2. The third kappa shape index (κ3) is 4.53. The summed E-state index contributed by atoms with van der Waals surface area (Å²) in [7, 11) is 0. The second-order valence-electron chi connectivity index (χ2n) is 14.6. The molecule has 0 aliphatic carbocycles. The lowest BCUT2D eigenvalue weighted by Crippen LogP contribution is -2.10. The molecule has 0 amide bonds. The minimum absolute atomic E-state index is 0.860. The lowest BCUT2D eigenvalue weighted by molar-refractivity contribution is 0.669. The number of rotatable bonds is 5. The first-order chi connectivity index (χ1) is 27.8. The van der Waals surface area contributed by atoms with Crippen LogP contribution in [-0.4, -0.2) is 9.13 Å². The highest BCUT2D eigenvalue weighted by atomic mass is 16.3. The molecule has 0 atom stereocenters. The van der Waals surface area contributed by atoms with Crippen LogP contribution in [0.25, 0.3) is 87.7 Å². The van der Waals surface area contributed by atoms with Crippen LogP contribution in [0.4, 0.5) is 17.1 Å². The summed E-state index contributed by atoms with van der Waals surface area (Å²) in [6.45, 7) is 0. The van der Waals surface area contributed by atoms with Gasteiger partial charge in [-0.2, -0.15) is 0 Å². The monoisotopic (exact) mass is 715 g/mol. The fourth-order valence-electron chi connectivity index (χ4n) is 8.97. The van der Waals surface area contributed by atoms with E-state index in [-0.39, 0.29) is 0 Å². The summed E-state index contributed by atoms with van der Waals surface area (Å²) >= 11 is 0. The van der Waals surface area contributed by atoms with Gasteiger partial charge in [-0.25, -0.2) is 0 Å². The zero-order chi connectivity index (χ0) is 36.7. The van der Waals surface area contributed by atoms with Crippen molar-refractivity contribution in [2.75, 3.05) is 4.90 Å². The largest absolute Gasteiger partial charge is 0.454 e. The Morgan fingerprint density at radius 1 is 0.339 bits per heavy atom. The van der Waals surface area contributed by atoms with Crippen LogP contribution in [-0.2, 0) is 0 Å². The van der Waals surface area contributed by atoms with E-state index < -0.39 is 0 Å². The molecule has 0 fully saturated rings. The Bertz CT molecular complexity index is 3480. The van der Waals surface area contributed by atoms with E-state index in [1.54, 1.807) is 0 Å². The Morgan fingerprint density at radius 3 is 1.66 bits per heavy atom. The van der Waals surface area contributed by atoms with Crippen molar-refractivity contribution in [3.05, 3.63) is 200 Å². The van der Waals surface area contributed by atoms with Crippen LogP contribution in [0.2, 0.25) is 0 Å². The molecule has 0 aliphatic rings. The molecule has 12 aromatic rings. The van der Waals surface area contributed by atoms with Gasteiger partial charge in [0.1, 0.15) is 5.58 Å². The summed E-state index contributed by atoms with van der Waals surface area (Å²) in [5.41, 5.74) is 11.8. The smallest absolute Gasteiger partial charge is 0.159 e. The number of nitrogens with zero attached hydrogens (tertiary/aromatic N) is 3. The van der Waals surface area contributed by atoms with E-state index >= 15 is 0 Å². The number of fused-ring (bicyclic) bond motifs is 10. The second-order valence-corrected chi connectivity index (χ2v) is 14.6. The van der Waals surface area contributed by atoms with Crippen LogP contribution < -0.4 is 4.90 Å². The number of para-hydroxylation sites is 5. The highest BCUT2D eigenvalue weighted by Gasteiger charge is 2.22. The van der Waals surface area contributed by atoms with Crippen molar-refractivity contribution in [2.45, 2.75) is 0 Å². The molecule has 0 bridgehead atoms. The lowest BCUT2D eigenvalue weighted by atomic mass is 10.1. The molecule has 56 heavy (non-hydrogen) atoms. The van der Waals surface area contributed by atoms with Crippen LogP contribution >= 0.6 is 0 Å². The molecule has 0 saturated heterocycles. The van der Waals surface area contributed by atoms with Crippen LogP contribution in [0.3, 0.4) is 0 Å². The molecule has 3 aromatic heterocycles. The first-order valence-electron chi connectivity index (χ1n) is 19.1. The number of furan rings is 1. The predicted octanol–water partition coefficient (Wildman–Crippen LogP) is 14.4. The first kappa shape index (κ1) is 30.9. The highest BCUT2D eigenvalue weighted by molar-refractivity contribution is 6.15. The normalized spacial score (nSPS) is 11.9. The van der Waals surface area contributed by atoms with Crippen molar-refractivity contribution >= 4 is 93.4 Å². The average molecular weight is 716 g/mol. The molecule has 262 valence electrons. The summed E-state index contributed by atoms with van der Waals surface area (Å²) in [5, 5.41) is 9.59. The van der Waals surface area contributed by atoms with Crippen molar-refractivity contribution in [2.24, 2.45) is 0 Å². The molecule has 0 spiro atoms. The average Bonchev–Trinajstić information content (AvgIpc) is 3.91. The molecular weight excluding hydrogens is 683 g/mol. The number of hydrogen-bond donors (Lipinski definition) is 0. The first-order valence-corrected chi connectivity index (χ1v) is 19.1. The summed E-state index contributed by atoms with van der Waals surface area (Å²) in [6, 6.07) is 72.0. The zero-order valence-electron chi connectivity index (χ0n) is 30.3. The Morgan fingerprint density at radius 2 is 0.893 bits per heavy atom. The SMILES string of the molecule is c1ccc(-n2c3ccccc3c3cc(N(c4ccc(-n5c6ccccc6c6cc7ccccc7cc65)cc4)c4cccc5c4oc4ccccc45)ccc32)cc1. The standard InChI is InChI=1S/C52H33N3O/c1-2-15-36(16-3-1)54-46-21-9-7-18-41(46)45-33-39(29-30-48(45)54)53(49-23-12-20-43-42-19-8-11-24-51(42)56-52(43)49)37-25-27-38(28-26-37)55-47-22-10-6-17-40(47)44-31-34-13-4-5-14-35(34)32-50(44)55/h1-33H. The molecule has 0 unspecified atom stereocenters. The molecular formula is C52H33N3O. The number of anilines is 3. The molecule has 9 aromatic carbocycles. The fraction of sp³-hybridized carbons (Fsp3) is 0. The molecule has 0 radical (unpaired) electrons. The van der Waals surface area contributed by atoms with Gasteiger partial charge in [0.2, 0.25) is 0 Å². The molecule has 0 aliphatic heterocycles. The third-order valence-electron chi connectivity index (χ3n) is 11.5. The van der Waals surface area contributed by atoms with Gasteiger partial charge in [0, 0.05) is 55.1 Å². The minimum atomic E-state index is 0.860. The summed E-state index contributed by atoms with van der Waals surface area (Å²) in [5.74, 6) is 0. The molecule has 3 heterocycles. The Kier molecular flexibility index (Phi) is 6.60. The van der Waals surface area contributed by atoms with Crippen LogP contribution in [0, 0.1) is 0 Å². The summed E-state index contributed by atoms with van der Waals surface area (Å²) in [4.78, 5) is 2.35. The van der Waals surface area contributed by atoms with E-state index in [4.69, 9.17) is 4.42 Å². The maximum atomic E-state index is 6.69. The molecule has 4 nitrogen and oxygen atoms in total. The van der Waals surface area contributed by atoms with E-state index in [2.05, 4.69) is 208 Å². The lowest BCUT2D eigenvalue weighted by Gasteiger charge is -2.26. The van der Waals surface area contributed by atoms with Crippen molar-refractivity contribution in [1.29, 1.82) is 0 Å². The maximum Gasteiger partial charge on any atom is 0.159 e. The molecule has 0 N–H and O–H groups in total. The van der Waals surface area contributed by atoms with E-state index in [1.165, 1.54) is 48.9 Å². The van der Waals surface area contributed by atoms with Gasteiger partial charge in [-0.3, -0.25) is 0 Å². The van der Waals surface area contributed by atoms with Gasteiger partial charge in [0.25, 0.3) is 0 Å². The van der Waals surface area contributed by atoms with E-state index in [0.717, 1.165) is 55.9 Å². The van der Waals surface area contributed by atoms with E-state index in [9.17, 15) is 0 Å². The summed E-state index contributed by atoms with van der Waals surface area (Å²) in [6.07, 6.45) is 0. The maximum absolute atomic E-state index is 6.69. The fourth-order valence-corrected chi connectivity index (χ4v) is 8.97. The number of benzene rings is 9. The van der Waals surface area contributed by atoms with Gasteiger partial charge < -0.3 is 18.5 Å². The van der Waals surface area contributed by atoms with Gasteiger partial charge in [-0.1, -0.05) is 109 Å². The second kappa shape index (κ2) is 12.0. The molecule has 12 rings (SSSR count). The van der Waals surface area contributed by atoms with Crippen LogP contribution in [0.5, 0.6) is 0 Å². The molecule has 0 saturated carbocycles. The van der Waals surface area contributed by atoms with Gasteiger partial charge in [-0.05, 0) is 102 Å². The topological polar surface area (TPSA) is 26.2 Å². The van der Waals surface area contributed by atoms with Crippen molar-refractivity contribution in [3.8, 4) is 11.4 Å².